The zero-order valence-corrected chi connectivity index (χ0v) is 15.8. The van der Waals surface area contributed by atoms with E-state index in [2.05, 4.69) is 10.5 Å². The van der Waals surface area contributed by atoms with Gasteiger partial charge in [0.15, 0.2) is 5.76 Å². The van der Waals surface area contributed by atoms with E-state index in [0.29, 0.717) is 18.8 Å². The first-order valence-electron chi connectivity index (χ1n) is 8.34. The second-order valence-corrected chi connectivity index (χ2v) is 8.22. The van der Waals surface area contributed by atoms with Gasteiger partial charge in [0, 0.05) is 31.9 Å². The SMILES string of the molecule is Cc1cccc(NC(=O)N2CCN(S(=O)(=O)c3c(C)noc3C)CC2)c1. The average molecular weight is 378 g/mol. The molecule has 3 rings (SSSR count). The number of urea groups is 1. The van der Waals surface area contributed by atoms with Gasteiger partial charge in [-0.05, 0) is 38.5 Å². The van der Waals surface area contributed by atoms with E-state index in [0.717, 1.165) is 11.3 Å². The topological polar surface area (TPSA) is 95.8 Å². The van der Waals surface area contributed by atoms with E-state index in [1.807, 2.05) is 31.2 Å². The van der Waals surface area contributed by atoms with Crippen molar-refractivity contribution in [3.05, 3.63) is 41.3 Å². The van der Waals surface area contributed by atoms with E-state index >= 15 is 0 Å². The van der Waals surface area contributed by atoms with E-state index in [9.17, 15) is 13.2 Å². The van der Waals surface area contributed by atoms with Crippen molar-refractivity contribution in [2.45, 2.75) is 25.7 Å². The smallest absolute Gasteiger partial charge is 0.321 e. The van der Waals surface area contributed by atoms with Gasteiger partial charge < -0.3 is 14.7 Å². The molecule has 1 aliphatic heterocycles. The van der Waals surface area contributed by atoms with Crippen LogP contribution < -0.4 is 5.32 Å². The molecule has 0 unspecified atom stereocenters. The summed E-state index contributed by atoms with van der Waals surface area (Å²) < 4.78 is 32.0. The molecule has 0 atom stereocenters. The van der Waals surface area contributed by atoms with Crippen LogP contribution in [0.4, 0.5) is 10.5 Å². The van der Waals surface area contributed by atoms with Crippen LogP contribution >= 0.6 is 0 Å². The number of hydrogen-bond acceptors (Lipinski definition) is 5. The first kappa shape index (κ1) is 18.4. The number of benzene rings is 1. The van der Waals surface area contributed by atoms with Gasteiger partial charge in [-0.2, -0.15) is 4.31 Å². The van der Waals surface area contributed by atoms with Gasteiger partial charge in [-0.15, -0.1) is 0 Å². The molecule has 2 aromatic rings. The molecule has 0 aliphatic carbocycles. The zero-order valence-electron chi connectivity index (χ0n) is 15.0. The van der Waals surface area contributed by atoms with Crippen molar-refractivity contribution in [1.82, 2.24) is 14.4 Å². The van der Waals surface area contributed by atoms with Crippen molar-refractivity contribution in [1.29, 1.82) is 0 Å². The molecule has 140 valence electrons. The van der Waals surface area contributed by atoms with Crippen LogP contribution in [0.15, 0.2) is 33.7 Å². The fourth-order valence-electron chi connectivity index (χ4n) is 3.03. The van der Waals surface area contributed by atoms with Crippen LogP contribution in [0, 0.1) is 20.8 Å². The van der Waals surface area contributed by atoms with Gasteiger partial charge in [-0.25, -0.2) is 13.2 Å². The number of nitrogens with one attached hydrogen (secondary N) is 1. The lowest BCUT2D eigenvalue weighted by molar-refractivity contribution is 0.184. The maximum atomic E-state index is 12.8. The lowest BCUT2D eigenvalue weighted by Gasteiger charge is -2.33. The van der Waals surface area contributed by atoms with E-state index in [-0.39, 0.29) is 29.8 Å². The summed E-state index contributed by atoms with van der Waals surface area (Å²) in [4.78, 5) is 14.1. The van der Waals surface area contributed by atoms with Crippen molar-refractivity contribution >= 4 is 21.7 Å². The van der Waals surface area contributed by atoms with Crippen LogP contribution in [0.2, 0.25) is 0 Å². The molecular weight excluding hydrogens is 356 g/mol. The molecule has 1 aromatic heterocycles. The largest absolute Gasteiger partial charge is 0.360 e. The Balaban J connectivity index is 1.65. The maximum absolute atomic E-state index is 12.8. The lowest BCUT2D eigenvalue weighted by atomic mass is 10.2. The fourth-order valence-corrected chi connectivity index (χ4v) is 4.74. The molecule has 1 N–H and O–H groups in total. The minimum Gasteiger partial charge on any atom is -0.360 e. The van der Waals surface area contributed by atoms with Gasteiger partial charge in [0.05, 0.1) is 0 Å². The zero-order chi connectivity index (χ0) is 18.9. The first-order chi connectivity index (χ1) is 12.3. The second kappa shape index (κ2) is 7.08. The predicted octanol–water partition coefficient (Wildman–Crippen LogP) is 2.14. The molecule has 26 heavy (non-hydrogen) atoms. The minimum absolute atomic E-state index is 0.121. The van der Waals surface area contributed by atoms with Crippen molar-refractivity contribution in [3.63, 3.8) is 0 Å². The molecule has 0 bridgehead atoms. The molecule has 0 saturated carbocycles. The third kappa shape index (κ3) is 3.58. The Morgan fingerprint density at radius 2 is 1.85 bits per heavy atom. The number of aryl methyl sites for hydroxylation is 3. The molecular formula is C17H22N4O4S. The van der Waals surface area contributed by atoms with Crippen molar-refractivity contribution in [2.24, 2.45) is 0 Å². The number of nitrogens with zero attached hydrogens (tertiary/aromatic N) is 3. The Kier molecular flexibility index (Phi) is 5.01. The quantitative estimate of drug-likeness (QED) is 0.883. The summed E-state index contributed by atoms with van der Waals surface area (Å²) in [5.41, 5.74) is 2.13. The van der Waals surface area contributed by atoms with Crippen molar-refractivity contribution in [2.75, 3.05) is 31.5 Å². The fraction of sp³-hybridized carbons (Fsp3) is 0.412. The van der Waals surface area contributed by atoms with E-state index < -0.39 is 10.0 Å². The highest BCUT2D eigenvalue weighted by atomic mass is 32.2. The molecule has 1 aliphatic rings. The highest BCUT2D eigenvalue weighted by molar-refractivity contribution is 7.89. The summed E-state index contributed by atoms with van der Waals surface area (Å²) in [7, 11) is -3.67. The molecule has 0 radical (unpaired) electrons. The Morgan fingerprint density at radius 1 is 1.15 bits per heavy atom. The highest BCUT2D eigenvalue weighted by Crippen LogP contribution is 2.24. The Labute approximate surface area is 152 Å². The monoisotopic (exact) mass is 378 g/mol. The van der Waals surface area contributed by atoms with Crippen LogP contribution in [0.5, 0.6) is 0 Å². The molecule has 2 amide bonds. The average Bonchev–Trinajstić information content (AvgIpc) is 2.94. The van der Waals surface area contributed by atoms with Crippen LogP contribution in [-0.2, 0) is 10.0 Å². The number of piperazine rings is 1. The summed E-state index contributed by atoms with van der Waals surface area (Å²) in [5, 5.41) is 6.56. The van der Waals surface area contributed by atoms with Gasteiger partial charge in [0.2, 0.25) is 10.0 Å². The van der Waals surface area contributed by atoms with Crippen LogP contribution in [0.3, 0.4) is 0 Å². The Morgan fingerprint density at radius 3 is 2.42 bits per heavy atom. The van der Waals surface area contributed by atoms with Gasteiger partial charge in [-0.1, -0.05) is 17.3 Å². The molecule has 2 heterocycles. The third-order valence-electron chi connectivity index (χ3n) is 4.36. The lowest BCUT2D eigenvalue weighted by Crippen LogP contribution is -2.51. The third-order valence-corrected chi connectivity index (χ3v) is 6.50. The number of aromatic nitrogens is 1. The molecule has 8 nitrogen and oxygen atoms in total. The van der Waals surface area contributed by atoms with Crippen molar-refractivity contribution in [3.8, 4) is 0 Å². The Hall–Kier alpha value is -2.39. The van der Waals surface area contributed by atoms with E-state index in [1.165, 1.54) is 4.31 Å². The van der Waals surface area contributed by atoms with Gasteiger partial charge >= 0.3 is 6.03 Å². The standard InChI is InChI=1S/C17H22N4O4S/c1-12-5-4-6-15(11-12)18-17(22)20-7-9-21(10-8-20)26(23,24)16-13(2)19-25-14(16)3/h4-6,11H,7-10H2,1-3H3,(H,18,22). The summed E-state index contributed by atoms with van der Waals surface area (Å²) in [6.45, 7) is 6.24. The number of amides is 2. The highest BCUT2D eigenvalue weighted by Gasteiger charge is 2.34. The molecule has 9 heteroatoms. The van der Waals surface area contributed by atoms with Crippen LogP contribution in [-0.4, -0.2) is 55.0 Å². The number of hydrogen-bond donors (Lipinski definition) is 1. The summed E-state index contributed by atoms with van der Waals surface area (Å²) in [6.07, 6.45) is 0. The van der Waals surface area contributed by atoms with Crippen molar-refractivity contribution < 1.29 is 17.7 Å². The Bertz CT molecular complexity index is 895. The van der Waals surface area contributed by atoms with Gasteiger partial charge in [0.25, 0.3) is 0 Å². The van der Waals surface area contributed by atoms with Gasteiger partial charge in [0.1, 0.15) is 10.6 Å². The summed E-state index contributed by atoms with van der Waals surface area (Å²) in [5.74, 6) is 0.280. The van der Waals surface area contributed by atoms with Gasteiger partial charge in [-0.3, -0.25) is 0 Å². The minimum atomic E-state index is -3.67. The number of carbonyl (C=O) groups excluding carboxylic acids is 1. The first-order valence-corrected chi connectivity index (χ1v) is 9.78. The summed E-state index contributed by atoms with van der Waals surface area (Å²) >= 11 is 0. The van der Waals surface area contributed by atoms with E-state index in [4.69, 9.17) is 4.52 Å². The van der Waals surface area contributed by atoms with Crippen LogP contribution in [0.25, 0.3) is 0 Å². The number of rotatable bonds is 3. The normalized spacial score (nSPS) is 15.9. The van der Waals surface area contributed by atoms with Crippen LogP contribution in [0.1, 0.15) is 17.0 Å². The maximum Gasteiger partial charge on any atom is 0.321 e. The predicted molar refractivity (Wildman–Crippen MR) is 96.5 cm³/mol. The van der Waals surface area contributed by atoms with E-state index in [1.54, 1.807) is 18.7 Å². The molecule has 1 fully saturated rings. The molecule has 1 aromatic carbocycles. The second-order valence-electron chi connectivity index (χ2n) is 6.34. The number of anilines is 1. The number of sulfonamides is 1. The number of carbonyl (C=O) groups is 1. The molecule has 0 spiro atoms. The molecule has 1 saturated heterocycles. The summed E-state index contributed by atoms with van der Waals surface area (Å²) in [6, 6.07) is 7.30.